The number of para-hydroxylation sites is 1. The number of fused-ring (bicyclic) bond motifs is 1. The van der Waals surface area contributed by atoms with Gasteiger partial charge in [0.1, 0.15) is 0 Å². The molecule has 0 radical (unpaired) electrons. The van der Waals surface area contributed by atoms with Crippen molar-refractivity contribution in [1.29, 1.82) is 0 Å². The number of rotatable bonds is 6. The van der Waals surface area contributed by atoms with E-state index in [0.717, 1.165) is 25.7 Å². The number of nitrogens with one attached hydrogen (secondary N) is 1. The highest BCUT2D eigenvalue weighted by atomic mass is 35.5. The van der Waals surface area contributed by atoms with Crippen LogP contribution < -0.4 is 0 Å². The number of aromatic nitrogens is 1. The summed E-state index contributed by atoms with van der Waals surface area (Å²) in [6.07, 6.45) is 7.89. The lowest BCUT2D eigenvalue weighted by molar-refractivity contribution is 0.138. The third-order valence-electron chi connectivity index (χ3n) is 7.27. The lowest BCUT2D eigenvalue weighted by atomic mass is 9.76. The molecule has 0 aliphatic heterocycles. The van der Waals surface area contributed by atoms with Crippen LogP contribution in [0.15, 0.2) is 91.0 Å². The minimum Gasteiger partial charge on any atom is -0.355 e. The summed E-state index contributed by atoms with van der Waals surface area (Å²) >= 11 is 0. The molecule has 1 N–H and O–H groups in total. The molecule has 33 heavy (non-hydrogen) atoms. The molecule has 1 aromatic heterocycles. The molecule has 1 aliphatic carbocycles. The van der Waals surface area contributed by atoms with E-state index in [1.54, 1.807) is 0 Å². The Morgan fingerprint density at radius 3 is 2.09 bits per heavy atom. The molecular formula is C30H33ClN2. The van der Waals surface area contributed by atoms with Crippen molar-refractivity contribution in [3.05, 3.63) is 113 Å². The number of aromatic amines is 1. The van der Waals surface area contributed by atoms with Gasteiger partial charge in [0.25, 0.3) is 0 Å². The zero-order chi connectivity index (χ0) is 22.0. The Bertz CT molecular complexity index is 1220. The summed E-state index contributed by atoms with van der Waals surface area (Å²) in [4.78, 5) is 6.23. The van der Waals surface area contributed by atoms with Crippen molar-refractivity contribution in [1.82, 2.24) is 9.88 Å². The molecule has 0 saturated carbocycles. The largest absolute Gasteiger partial charge is 0.355 e. The van der Waals surface area contributed by atoms with Crippen molar-refractivity contribution in [2.24, 2.45) is 0 Å². The SMILES string of the molecule is CN(C)C1(Cc2ccccc2)CC=C(c2[nH]c3ccccc3c2Cc2ccccc2)CC1.Cl. The molecule has 4 aromatic rings. The van der Waals surface area contributed by atoms with E-state index in [4.69, 9.17) is 0 Å². The fourth-order valence-electron chi connectivity index (χ4n) is 5.27. The Morgan fingerprint density at radius 1 is 0.818 bits per heavy atom. The number of benzene rings is 3. The van der Waals surface area contributed by atoms with Gasteiger partial charge in [0.05, 0.1) is 0 Å². The molecule has 0 saturated heterocycles. The standard InChI is InChI=1S/C30H32N2.ClH/c1-32(2)30(22-24-13-7-4-8-14-24)19-17-25(18-20-30)29-27(21-23-11-5-3-6-12-23)26-15-9-10-16-28(26)31-29;/h3-17,31H,18-22H2,1-2H3;1H. The molecule has 0 bridgehead atoms. The molecular weight excluding hydrogens is 424 g/mol. The summed E-state index contributed by atoms with van der Waals surface area (Å²) in [6, 6.07) is 30.5. The summed E-state index contributed by atoms with van der Waals surface area (Å²) in [6.45, 7) is 0. The van der Waals surface area contributed by atoms with Crippen molar-refractivity contribution in [3.8, 4) is 0 Å². The molecule has 1 unspecified atom stereocenters. The first-order valence-electron chi connectivity index (χ1n) is 11.7. The number of hydrogen-bond acceptors (Lipinski definition) is 1. The number of H-pyrrole nitrogens is 1. The van der Waals surface area contributed by atoms with Gasteiger partial charge in [0.15, 0.2) is 0 Å². The Morgan fingerprint density at radius 2 is 1.45 bits per heavy atom. The van der Waals surface area contributed by atoms with Crippen molar-refractivity contribution in [2.45, 2.75) is 37.6 Å². The van der Waals surface area contributed by atoms with Crippen LogP contribution in [0.5, 0.6) is 0 Å². The van der Waals surface area contributed by atoms with Gasteiger partial charge < -0.3 is 9.88 Å². The highest BCUT2D eigenvalue weighted by Gasteiger charge is 2.35. The third kappa shape index (κ3) is 4.78. The number of likely N-dealkylation sites (N-methyl/N-ethyl adjacent to an activating group) is 1. The summed E-state index contributed by atoms with van der Waals surface area (Å²) in [5.74, 6) is 0. The molecule has 3 aromatic carbocycles. The van der Waals surface area contributed by atoms with E-state index in [1.807, 2.05) is 0 Å². The number of hydrogen-bond donors (Lipinski definition) is 1. The Kier molecular flexibility index (Phi) is 7.07. The number of allylic oxidation sites excluding steroid dienone is 1. The maximum absolute atomic E-state index is 3.78. The van der Waals surface area contributed by atoms with E-state index in [1.165, 1.54) is 45.3 Å². The highest BCUT2D eigenvalue weighted by Crippen LogP contribution is 2.40. The maximum Gasteiger partial charge on any atom is 0.0461 e. The monoisotopic (exact) mass is 456 g/mol. The van der Waals surface area contributed by atoms with Crippen molar-refractivity contribution >= 4 is 28.9 Å². The van der Waals surface area contributed by atoms with E-state index in [2.05, 4.69) is 115 Å². The quantitative estimate of drug-likeness (QED) is 0.322. The molecule has 2 nitrogen and oxygen atoms in total. The van der Waals surface area contributed by atoms with Crippen LogP contribution in [-0.2, 0) is 12.8 Å². The zero-order valence-corrected chi connectivity index (χ0v) is 20.4. The maximum atomic E-state index is 3.78. The topological polar surface area (TPSA) is 19.0 Å². The Labute approximate surface area is 203 Å². The normalized spacial score (nSPS) is 18.2. The van der Waals surface area contributed by atoms with E-state index in [0.29, 0.717) is 0 Å². The van der Waals surface area contributed by atoms with E-state index < -0.39 is 0 Å². The van der Waals surface area contributed by atoms with Crippen LogP contribution in [-0.4, -0.2) is 29.5 Å². The third-order valence-corrected chi connectivity index (χ3v) is 7.27. The van der Waals surface area contributed by atoms with Gasteiger partial charge in [-0.2, -0.15) is 0 Å². The number of nitrogens with zero attached hydrogens (tertiary/aromatic N) is 1. The summed E-state index contributed by atoms with van der Waals surface area (Å²) < 4.78 is 0. The van der Waals surface area contributed by atoms with Gasteiger partial charge in [0, 0.05) is 28.6 Å². The Hall–Kier alpha value is -2.81. The second-order valence-corrected chi connectivity index (χ2v) is 9.40. The summed E-state index contributed by atoms with van der Waals surface area (Å²) in [5.41, 5.74) is 8.44. The molecule has 1 heterocycles. The minimum absolute atomic E-state index is 0. The summed E-state index contributed by atoms with van der Waals surface area (Å²) in [7, 11) is 4.48. The molecule has 0 amide bonds. The molecule has 0 fully saturated rings. The molecule has 170 valence electrons. The van der Waals surface area contributed by atoms with Crippen molar-refractivity contribution < 1.29 is 0 Å². The van der Waals surface area contributed by atoms with Gasteiger partial charge in [-0.15, -0.1) is 12.4 Å². The lowest BCUT2D eigenvalue weighted by Crippen LogP contribution is -2.47. The van der Waals surface area contributed by atoms with Crippen molar-refractivity contribution in [3.63, 3.8) is 0 Å². The van der Waals surface area contributed by atoms with Crippen molar-refractivity contribution in [2.75, 3.05) is 14.1 Å². The second-order valence-electron chi connectivity index (χ2n) is 9.40. The van der Waals surface area contributed by atoms with Gasteiger partial charge in [-0.25, -0.2) is 0 Å². The lowest BCUT2D eigenvalue weighted by Gasteiger charge is -2.42. The Balaban J connectivity index is 0.00000259. The van der Waals surface area contributed by atoms with Gasteiger partial charge >= 0.3 is 0 Å². The highest BCUT2D eigenvalue weighted by molar-refractivity contribution is 5.89. The first kappa shape index (κ1) is 23.4. The molecule has 1 aliphatic rings. The molecule has 3 heteroatoms. The number of halogens is 1. The van der Waals surface area contributed by atoms with Crippen LogP contribution >= 0.6 is 12.4 Å². The van der Waals surface area contributed by atoms with Crippen LogP contribution in [0.2, 0.25) is 0 Å². The van der Waals surface area contributed by atoms with Crippen LogP contribution in [0.4, 0.5) is 0 Å². The van der Waals surface area contributed by atoms with E-state index >= 15 is 0 Å². The molecule has 1 atom stereocenters. The fraction of sp³-hybridized carbons (Fsp3) is 0.267. The van der Waals surface area contributed by atoms with Crippen LogP contribution in [0.1, 0.15) is 41.6 Å². The first-order valence-corrected chi connectivity index (χ1v) is 11.7. The molecule has 0 spiro atoms. The van der Waals surface area contributed by atoms with Crippen LogP contribution in [0.25, 0.3) is 16.5 Å². The second kappa shape index (κ2) is 9.99. The van der Waals surface area contributed by atoms with Crippen LogP contribution in [0.3, 0.4) is 0 Å². The smallest absolute Gasteiger partial charge is 0.0461 e. The fourth-order valence-corrected chi connectivity index (χ4v) is 5.27. The van der Waals surface area contributed by atoms with Gasteiger partial charge in [-0.1, -0.05) is 84.9 Å². The van der Waals surface area contributed by atoms with E-state index in [9.17, 15) is 0 Å². The minimum atomic E-state index is 0. The average molecular weight is 457 g/mol. The summed E-state index contributed by atoms with van der Waals surface area (Å²) in [5, 5.41) is 1.35. The van der Waals surface area contributed by atoms with Gasteiger partial charge in [-0.3, -0.25) is 0 Å². The molecule has 5 rings (SSSR count). The van der Waals surface area contributed by atoms with Gasteiger partial charge in [0.2, 0.25) is 0 Å². The average Bonchev–Trinajstić information content (AvgIpc) is 3.19. The van der Waals surface area contributed by atoms with E-state index in [-0.39, 0.29) is 17.9 Å². The predicted molar refractivity (Wildman–Crippen MR) is 143 cm³/mol. The first-order chi connectivity index (χ1) is 15.6. The van der Waals surface area contributed by atoms with Gasteiger partial charge in [-0.05, 0) is 68.1 Å². The zero-order valence-electron chi connectivity index (χ0n) is 19.6. The predicted octanol–water partition coefficient (Wildman–Crippen LogP) is 7.29. The van der Waals surface area contributed by atoms with Crippen LogP contribution in [0, 0.1) is 0 Å².